The van der Waals surface area contributed by atoms with Crippen molar-refractivity contribution < 1.29 is 19.4 Å². The molecule has 4 rings (SSSR count). The monoisotopic (exact) mass is 444 g/mol. The molecule has 172 valence electrons. The lowest BCUT2D eigenvalue weighted by molar-refractivity contribution is -0.150. The van der Waals surface area contributed by atoms with Crippen LogP contribution in [0.2, 0.25) is 0 Å². The van der Waals surface area contributed by atoms with E-state index in [2.05, 4.69) is 55.5 Å². The van der Waals surface area contributed by atoms with E-state index in [9.17, 15) is 9.90 Å². The van der Waals surface area contributed by atoms with Crippen LogP contribution in [0.1, 0.15) is 55.2 Å². The van der Waals surface area contributed by atoms with E-state index in [1.54, 1.807) is 0 Å². The van der Waals surface area contributed by atoms with Crippen LogP contribution in [0.3, 0.4) is 0 Å². The number of hydrogen-bond acceptors (Lipinski definition) is 3. The Morgan fingerprint density at radius 3 is 2.12 bits per heavy atom. The molecular formula is C29H32O4. The summed E-state index contributed by atoms with van der Waals surface area (Å²) < 4.78 is 11.6. The maximum atomic E-state index is 11.5. The van der Waals surface area contributed by atoms with E-state index >= 15 is 0 Å². The Labute approximate surface area is 196 Å². The fraction of sp³-hybridized carbons (Fsp3) is 0.345. The molecule has 0 bridgehead atoms. The maximum absolute atomic E-state index is 11.5. The van der Waals surface area contributed by atoms with E-state index in [0.717, 1.165) is 37.0 Å². The van der Waals surface area contributed by atoms with Crippen molar-refractivity contribution in [1.82, 2.24) is 0 Å². The fourth-order valence-corrected chi connectivity index (χ4v) is 4.60. The molecule has 1 aliphatic rings. The average molecular weight is 445 g/mol. The Morgan fingerprint density at radius 1 is 0.879 bits per heavy atom. The van der Waals surface area contributed by atoms with Crippen molar-refractivity contribution in [1.29, 1.82) is 0 Å². The predicted octanol–water partition coefficient (Wildman–Crippen LogP) is 6.47. The minimum atomic E-state index is -0.913. The lowest BCUT2D eigenvalue weighted by atomic mass is 9.94. The number of hydrogen-bond donors (Lipinski definition) is 1. The van der Waals surface area contributed by atoms with Crippen molar-refractivity contribution in [3.05, 3.63) is 89.5 Å². The van der Waals surface area contributed by atoms with Crippen molar-refractivity contribution in [2.24, 2.45) is 0 Å². The van der Waals surface area contributed by atoms with Gasteiger partial charge in [0, 0.05) is 18.9 Å². The Kier molecular flexibility index (Phi) is 7.79. The third-order valence-electron chi connectivity index (χ3n) is 6.32. The average Bonchev–Trinajstić information content (AvgIpc) is 3.16. The zero-order valence-electron chi connectivity index (χ0n) is 19.2. The molecule has 3 aromatic rings. The minimum absolute atomic E-state index is 0.345. The SMILES string of the molecule is CCCCCOC(Cc1ccc(OCCC2c3ccccc3-c3ccccc32)cc1)C(=O)O. The van der Waals surface area contributed by atoms with Crippen LogP contribution in [0.5, 0.6) is 5.75 Å². The van der Waals surface area contributed by atoms with Gasteiger partial charge in [-0.2, -0.15) is 0 Å². The highest BCUT2D eigenvalue weighted by Crippen LogP contribution is 2.45. The quantitative estimate of drug-likeness (QED) is 0.325. The van der Waals surface area contributed by atoms with E-state index < -0.39 is 12.1 Å². The minimum Gasteiger partial charge on any atom is -0.494 e. The summed E-state index contributed by atoms with van der Waals surface area (Å²) in [6.45, 7) is 3.22. The number of benzene rings is 3. The van der Waals surface area contributed by atoms with Crippen LogP contribution in [-0.4, -0.2) is 30.4 Å². The van der Waals surface area contributed by atoms with Crippen molar-refractivity contribution in [2.75, 3.05) is 13.2 Å². The van der Waals surface area contributed by atoms with Gasteiger partial charge < -0.3 is 14.6 Å². The number of unbranched alkanes of at least 4 members (excludes halogenated alkanes) is 2. The molecule has 1 aliphatic carbocycles. The molecule has 0 saturated carbocycles. The summed E-state index contributed by atoms with van der Waals surface area (Å²) in [6.07, 6.45) is 3.48. The molecule has 33 heavy (non-hydrogen) atoms. The van der Waals surface area contributed by atoms with Crippen LogP contribution in [0.15, 0.2) is 72.8 Å². The molecule has 0 aromatic heterocycles. The van der Waals surface area contributed by atoms with Gasteiger partial charge in [-0.1, -0.05) is 80.4 Å². The number of carboxylic acids is 1. The molecule has 4 nitrogen and oxygen atoms in total. The highest BCUT2D eigenvalue weighted by Gasteiger charge is 2.27. The summed E-state index contributed by atoms with van der Waals surface area (Å²) in [5.74, 6) is 0.232. The summed E-state index contributed by atoms with van der Waals surface area (Å²) in [4.78, 5) is 11.5. The molecule has 0 heterocycles. The summed E-state index contributed by atoms with van der Waals surface area (Å²) in [7, 11) is 0. The first-order chi connectivity index (χ1) is 16.2. The van der Waals surface area contributed by atoms with Gasteiger partial charge in [-0.05, 0) is 52.8 Å². The summed E-state index contributed by atoms with van der Waals surface area (Å²) >= 11 is 0. The van der Waals surface area contributed by atoms with Crippen LogP contribution in [0.25, 0.3) is 11.1 Å². The van der Waals surface area contributed by atoms with Crippen molar-refractivity contribution in [3.8, 4) is 16.9 Å². The lowest BCUT2D eigenvalue weighted by Gasteiger charge is -2.15. The van der Waals surface area contributed by atoms with E-state index in [1.807, 2.05) is 24.3 Å². The molecule has 0 spiro atoms. The van der Waals surface area contributed by atoms with Crippen LogP contribution < -0.4 is 4.74 Å². The Bertz CT molecular complexity index is 1010. The summed E-state index contributed by atoms with van der Waals surface area (Å²) in [5.41, 5.74) is 6.33. The molecule has 1 atom stereocenters. The third kappa shape index (κ3) is 5.63. The number of aliphatic carboxylic acids is 1. The first kappa shape index (κ1) is 23.1. The fourth-order valence-electron chi connectivity index (χ4n) is 4.60. The highest BCUT2D eigenvalue weighted by atomic mass is 16.5. The Morgan fingerprint density at radius 2 is 1.52 bits per heavy atom. The molecule has 1 unspecified atom stereocenters. The molecular weight excluding hydrogens is 412 g/mol. The molecule has 1 N–H and O–H groups in total. The molecule has 0 amide bonds. The Balaban J connectivity index is 1.32. The van der Waals surface area contributed by atoms with Gasteiger partial charge >= 0.3 is 5.97 Å². The van der Waals surface area contributed by atoms with Crippen molar-refractivity contribution >= 4 is 5.97 Å². The Hall–Kier alpha value is -3.11. The number of rotatable bonds is 12. The van der Waals surface area contributed by atoms with Gasteiger partial charge in [0.2, 0.25) is 0 Å². The van der Waals surface area contributed by atoms with Gasteiger partial charge in [-0.25, -0.2) is 4.79 Å². The lowest BCUT2D eigenvalue weighted by Crippen LogP contribution is -2.26. The number of ether oxygens (including phenoxy) is 2. The third-order valence-corrected chi connectivity index (χ3v) is 6.32. The van der Waals surface area contributed by atoms with E-state index in [4.69, 9.17) is 9.47 Å². The second-order valence-electron chi connectivity index (χ2n) is 8.62. The predicted molar refractivity (Wildman–Crippen MR) is 131 cm³/mol. The number of fused-ring (bicyclic) bond motifs is 3. The van der Waals surface area contributed by atoms with Gasteiger partial charge in [0.25, 0.3) is 0 Å². The number of carbonyl (C=O) groups is 1. The first-order valence-corrected chi connectivity index (χ1v) is 11.9. The van der Waals surface area contributed by atoms with Crippen LogP contribution in [-0.2, 0) is 16.0 Å². The van der Waals surface area contributed by atoms with Crippen LogP contribution in [0.4, 0.5) is 0 Å². The zero-order valence-corrected chi connectivity index (χ0v) is 19.2. The van der Waals surface area contributed by atoms with Crippen molar-refractivity contribution in [3.63, 3.8) is 0 Å². The number of carboxylic acid groups (broad SMARTS) is 1. The van der Waals surface area contributed by atoms with Gasteiger partial charge in [0.1, 0.15) is 5.75 Å². The van der Waals surface area contributed by atoms with Crippen LogP contribution >= 0.6 is 0 Å². The topological polar surface area (TPSA) is 55.8 Å². The summed E-state index contributed by atoms with van der Waals surface area (Å²) in [5, 5.41) is 9.46. The van der Waals surface area contributed by atoms with Gasteiger partial charge in [0.15, 0.2) is 6.10 Å². The maximum Gasteiger partial charge on any atom is 0.333 e. The van der Waals surface area contributed by atoms with E-state index in [0.29, 0.717) is 25.6 Å². The molecule has 4 heteroatoms. The molecule has 0 fully saturated rings. The largest absolute Gasteiger partial charge is 0.494 e. The molecule has 3 aromatic carbocycles. The van der Waals surface area contributed by atoms with Gasteiger partial charge in [-0.3, -0.25) is 0 Å². The second kappa shape index (κ2) is 11.2. The van der Waals surface area contributed by atoms with Crippen molar-refractivity contribution in [2.45, 2.75) is 51.0 Å². The van der Waals surface area contributed by atoms with Gasteiger partial charge in [-0.15, -0.1) is 0 Å². The normalized spacial score (nSPS) is 13.4. The molecule has 0 radical (unpaired) electrons. The van der Waals surface area contributed by atoms with Gasteiger partial charge in [0.05, 0.1) is 6.61 Å². The molecule has 0 saturated heterocycles. The highest BCUT2D eigenvalue weighted by molar-refractivity contribution is 5.78. The summed E-state index contributed by atoms with van der Waals surface area (Å²) in [6, 6.07) is 24.9. The zero-order chi connectivity index (χ0) is 23.0. The van der Waals surface area contributed by atoms with Crippen LogP contribution in [0, 0.1) is 0 Å². The standard InChI is InChI=1S/C29H32O4/c1-2-3-8-18-33-28(29(30)31)20-21-13-15-22(16-14-21)32-19-17-27-25-11-6-4-9-23(25)24-10-5-7-12-26(24)27/h4-7,9-16,27-28H,2-3,8,17-20H2,1H3,(H,30,31). The first-order valence-electron chi connectivity index (χ1n) is 11.9. The van der Waals surface area contributed by atoms with E-state index in [-0.39, 0.29) is 0 Å². The smallest absolute Gasteiger partial charge is 0.333 e. The molecule has 0 aliphatic heterocycles. The van der Waals surface area contributed by atoms with E-state index in [1.165, 1.54) is 22.3 Å². The second-order valence-corrected chi connectivity index (χ2v) is 8.62.